The number of hydrogen-bond acceptors (Lipinski definition) is 2. The average Bonchev–Trinajstić information content (AvgIpc) is 3.00. The third kappa shape index (κ3) is 2.60. The van der Waals surface area contributed by atoms with Crippen molar-refractivity contribution in [3.8, 4) is 6.07 Å². The van der Waals surface area contributed by atoms with Crippen molar-refractivity contribution in [3.05, 3.63) is 71.8 Å². The molecule has 0 heterocycles. The van der Waals surface area contributed by atoms with Gasteiger partial charge in [0.2, 0.25) is 0 Å². The van der Waals surface area contributed by atoms with E-state index in [1.54, 1.807) is 12.1 Å². The van der Waals surface area contributed by atoms with Gasteiger partial charge in [-0.2, -0.15) is 5.26 Å². The Morgan fingerprint density at radius 3 is 2.36 bits per heavy atom. The van der Waals surface area contributed by atoms with Crippen LogP contribution in [-0.2, 0) is 0 Å². The van der Waals surface area contributed by atoms with Gasteiger partial charge >= 0.3 is 0 Å². The van der Waals surface area contributed by atoms with E-state index in [-0.39, 0.29) is 11.8 Å². The Kier molecular flexibility index (Phi) is 3.93. The second kappa shape index (κ2) is 6.03. The first-order valence-electron chi connectivity index (χ1n) is 7.59. The van der Waals surface area contributed by atoms with E-state index in [0.717, 1.165) is 18.4 Å². The van der Waals surface area contributed by atoms with E-state index in [2.05, 4.69) is 11.4 Å². The molecule has 1 saturated carbocycles. The summed E-state index contributed by atoms with van der Waals surface area (Å²) in [5, 5.41) is 12.8. The van der Waals surface area contributed by atoms with Crippen molar-refractivity contribution in [2.24, 2.45) is 0 Å². The highest BCUT2D eigenvalue weighted by Crippen LogP contribution is 2.42. The Morgan fingerprint density at radius 2 is 1.73 bits per heavy atom. The fourth-order valence-electron chi connectivity index (χ4n) is 3.32. The van der Waals surface area contributed by atoms with Crippen LogP contribution in [0, 0.1) is 11.3 Å². The first kappa shape index (κ1) is 14.3. The van der Waals surface area contributed by atoms with E-state index < -0.39 is 5.54 Å². The fraction of sp³-hybridized carbons (Fsp3) is 0.263. The molecule has 0 aromatic heterocycles. The maximum absolute atomic E-state index is 12.5. The summed E-state index contributed by atoms with van der Waals surface area (Å²) in [6.07, 6.45) is 2.57. The number of rotatable bonds is 3. The Labute approximate surface area is 130 Å². The van der Waals surface area contributed by atoms with Crippen molar-refractivity contribution in [2.45, 2.75) is 30.7 Å². The van der Waals surface area contributed by atoms with Gasteiger partial charge in [0.15, 0.2) is 0 Å². The Balaban J connectivity index is 1.88. The van der Waals surface area contributed by atoms with E-state index in [1.165, 1.54) is 0 Å². The highest BCUT2D eigenvalue weighted by atomic mass is 16.1. The number of nitrogens with zero attached hydrogens (tertiary/aromatic N) is 1. The minimum Gasteiger partial charge on any atom is -0.333 e. The Morgan fingerprint density at radius 1 is 1.09 bits per heavy atom. The van der Waals surface area contributed by atoms with Crippen LogP contribution < -0.4 is 5.32 Å². The maximum atomic E-state index is 12.5. The van der Waals surface area contributed by atoms with Crippen LogP contribution in [0.15, 0.2) is 60.7 Å². The third-order valence-corrected chi connectivity index (χ3v) is 4.43. The highest BCUT2D eigenvalue weighted by molar-refractivity contribution is 5.95. The monoisotopic (exact) mass is 290 g/mol. The van der Waals surface area contributed by atoms with Gasteiger partial charge in [-0.15, -0.1) is 0 Å². The van der Waals surface area contributed by atoms with Gasteiger partial charge in [0.25, 0.3) is 5.91 Å². The van der Waals surface area contributed by atoms with E-state index in [1.807, 2.05) is 48.5 Å². The van der Waals surface area contributed by atoms with Gasteiger partial charge < -0.3 is 5.32 Å². The summed E-state index contributed by atoms with van der Waals surface area (Å²) in [6.45, 7) is 0. The molecule has 0 unspecified atom stereocenters. The van der Waals surface area contributed by atoms with Crippen LogP contribution in [0.25, 0.3) is 0 Å². The normalized spacial score (nSPS) is 23.7. The van der Waals surface area contributed by atoms with Crippen LogP contribution in [0.4, 0.5) is 0 Å². The molecule has 0 spiro atoms. The summed E-state index contributed by atoms with van der Waals surface area (Å²) < 4.78 is 0. The van der Waals surface area contributed by atoms with Gasteiger partial charge in [0.05, 0.1) is 6.07 Å². The fourth-order valence-corrected chi connectivity index (χ4v) is 3.32. The van der Waals surface area contributed by atoms with E-state index in [9.17, 15) is 10.1 Å². The van der Waals surface area contributed by atoms with Gasteiger partial charge in [-0.1, -0.05) is 48.5 Å². The van der Waals surface area contributed by atoms with Crippen molar-refractivity contribution in [1.29, 1.82) is 5.26 Å². The molecule has 1 fully saturated rings. The summed E-state index contributed by atoms with van der Waals surface area (Å²) in [5.74, 6) is -0.128. The molecule has 3 rings (SSSR count). The molecule has 0 saturated heterocycles. The zero-order chi connectivity index (χ0) is 15.4. The number of carbonyl (C=O) groups excluding carboxylic acids is 1. The van der Waals surface area contributed by atoms with Gasteiger partial charge in [-0.05, 0) is 37.0 Å². The number of nitriles is 1. The third-order valence-electron chi connectivity index (χ3n) is 4.43. The van der Waals surface area contributed by atoms with Gasteiger partial charge in [0, 0.05) is 11.5 Å². The molecule has 0 bridgehead atoms. The van der Waals surface area contributed by atoms with E-state index in [0.29, 0.717) is 12.0 Å². The lowest BCUT2D eigenvalue weighted by molar-refractivity contribution is 0.0915. The molecule has 1 aliphatic rings. The lowest BCUT2D eigenvalue weighted by Crippen LogP contribution is -2.49. The van der Waals surface area contributed by atoms with Crippen LogP contribution in [0.3, 0.4) is 0 Å². The van der Waals surface area contributed by atoms with Crippen molar-refractivity contribution in [2.75, 3.05) is 0 Å². The quantitative estimate of drug-likeness (QED) is 0.938. The predicted molar refractivity (Wildman–Crippen MR) is 85.3 cm³/mol. The molecular formula is C19H18N2O. The van der Waals surface area contributed by atoms with Crippen molar-refractivity contribution >= 4 is 5.91 Å². The topological polar surface area (TPSA) is 52.9 Å². The number of benzene rings is 2. The van der Waals surface area contributed by atoms with Crippen LogP contribution >= 0.6 is 0 Å². The lowest BCUT2D eigenvalue weighted by atomic mass is 9.82. The van der Waals surface area contributed by atoms with Crippen molar-refractivity contribution < 1.29 is 4.79 Å². The molecule has 3 nitrogen and oxygen atoms in total. The smallest absolute Gasteiger partial charge is 0.252 e. The minimum atomic E-state index is -0.811. The van der Waals surface area contributed by atoms with E-state index in [4.69, 9.17) is 0 Å². The van der Waals surface area contributed by atoms with E-state index >= 15 is 0 Å². The molecule has 2 aromatic carbocycles. The second-order valence-corrected chi connectivity index (χ2v) is 5.76. The molecule has 0 aliphatic heterocycles. The summed E-state index contributed by atoms with van der Waals surface area (Å²) in [4.78, 5) is 12.5. The van der Waals surface area contributed by atoms with Crippen LogP contribution in [0.1, 0.15) is 41.1 Å². The predicted octanol–water partition coefficient (Wildman–Crippen LogP) is 3.65. The molecule has 1 aliphatic carbocycles. The van der Waals surface area contributed by atoms with Crippen LogP contribution in [-0.4, -0.2) is 11.4 Å². The summed E-state index contributed by atoms with van der Waals surface area (Å²) in [6, 6.07) is 21.5. The molecule has 0 radical (unpaired) electrons. The van der Waals surface area contributed by atoms with Crippen LogP contribution in [0.5, 0.6) is 0 Å². The van der Waals surface area contributed by atoms with Crippen LogP contribution in [0.2, 0.25) is 0 Å². The molecule has 3 heteroatoms. The molecule has 1 N–H and O–H groups in total. The molecule has 2 aromatic rings. The minimum absolute atomic E-state index is 0.0476. The Hall–Kier alpha value is -2.60. The average molecular weight is 290 g/mol. The number of carbonyl (C=O) groups is 1. The SMILES string of the molecule is N#C[C@]1(NC(=O)c2ccccc2)CCC[C@@H]1c1ccccc1. The first-order valence-corrected chi connectivity index (χ1v) is 7.59. The zero-order valence-electron chi connectivity index (χ0n) is 12.3. The first-order chi connectivity index (χ1) is 10.7. The summed E-state index contributed by atoms with van der Waals surface area (Å²) in [5.41, 5.74) is 0.902. The summed E-state index contributed by atoms with van der Waals surface area (Å²) in [7, 11) is 0. The van der Waals surface area contributed by atoms with Crippen molar-refractivity contribution in [1.82, 2.24) is 5.32 Å². The van der Waals surface area contributed by atoms with Gasteiger partial charge in [0.1, 0.15) is 5.54 Å². The van der Waals surface area contributed by atoms with Gasteiger partial charge in [-0.3, -0.25) is 4.79 Å². The standard InChI is InChI=1S/C19H18N2O/c20-14-19(21-18(22)16-10-5-2-6-11-16)13-7-12-17(19)15-8-3-1-4-9-15/h1-6,8-11,17H,7,12-13H2,(H,21,22)/t17-,19-/m1/s1. The number of nitrogens with one attached hydrogen (secondary N) is 1. The molecule has 22 heavy (non-hydrogen) atoms. The number of amides is 1. The van der Waals surface area contributed by atoms with Crippen molar-refractivity contribution in [3.63, 3.8) is 0 Å². The highest BCUT2D eigenvalue weighted by Gasteiger charge is 2.45. The lowest BCUT2D eigenvalue weighted by Gasteiger charge is -2.30. The zero-order valence-corrected chi connectivity index (χ0v) is 12.3. The second-order valence-electron chi connectivity index (χ2n) is 5.76. The molecule has 2 atom stereocenters. The Bertz CT molecular complexity index is 690. The molecular weight excluding hydrogens is 272 g/mol. The number of hydrogen-bond donors (Lipinski definition) is 1. The van der Waals surface area contributed by atoms with Gasteiger partial charge in [-0.25, -0.2) is 0 Å². The largest absolute Gasteiger partial charge is 0.333 e. The molecule has 1 amide bonds. The summed E-state index contributed by atoms with van der Waals surface area (Å²) >= 11 is 0. The molecule has 110 valence electrons. The maximum Gasteiger partial charge on any atom is 0.252 e.